The Bertz CT molecular complexity index is 315. The molecule has 1 atom stereocenters. The first-order chi connectivity index (χ1) is 7.61. The Labute approximate surface area is 102 Å². The highest BCUT2D eigenvalue weighted by molar-refractivity contribution is 7.09. The number of hydrogen-bond donors (Lipinski definition) is 1. The first-order valence-corrected chi connectivity index (χ1v) is 7.04. The standard InChI is InChI=1S/C13H22N2S/c1-3-13(2,14)10-15(11-6-7-11)9-12-5-4-8-16-12/h4-5,8,11H,3,6-7,9-10,14H2,1-2H3. The van der Waals surface area contributed by atoms with Crippen LogP contribution in [-0.2, 0) is 6.54 Å². The zero-order chi connectivity index (χ0) is 11.6. The minimum atomic E-state index is -0.0418. The van der Waals surface area contributed by atoms with Crippen molar-refractivity contribution >= 4 is 11.3 Å². The second kappa shape index (κ2) is 4.86. The van der Waals surface area contributed by atoms with E-state index in [1.54, 1.807) is 0 Å². The van der Waals surface area contributed by atoms with E-state index in [0.717, 1.165) is 25.6 Å². The summed E-state index contributed by atoms with van der Waals surface area (Å²) in [6.07, 6.45) is 3.75. The van der Waals surface area contributed by atoms with Gasteiger partial charge in [0.25, 0.3) is 0 Å². The fourth-order valence-electron chi connectivity index (χ4n) is 1.93. The Morgan fingerprint density at radius 2 is 2.31 bits per heavy atom. The van der Waals surface area contributed by atoms with Crippen molar-refractivity contribution in [2.24, 2.45) is 5.73 Å². The van der Waals surface area contributed by atoms with Crippen molar-refractivity contribution < 1.29 is 0 Å². The van der Waals surface area contributed by atoms with Crippen LogP contribution in [0.25, 0.3) is 0 Å². The summed E-state index contributed by atoms with van der Waals surface area (Å²) in [6.45, 7) is 6.44. The third-order valence-corrected chi connectivity index (χ3v) is 4.24. The minimum Gasteiger partial charge on any atom is -0.324 e. The number of nitrogens with two attached hydrogens (primary N) is 1. The van der Waals surface area contributed by atoms with E-state index in [1.165, 1.54) is 17.7 Å². The van der Waals surface area contributed by atoms with Crippen LogP contribution in [0.15, 0.2) is 17.5 Å². The maximum atomic E-state index is 6.27. The molecule has 0 bridgehead atoms. The number of nitrogens with zero attached hydrogens (tertiary/aromatic N) is 1. The van der Waals surface area contributed by atoms with Gasteiger partial charge in [-0.15, -0.1) is 11.3 Å². The summed E-state index contributed by atoms with van der Waals surface area (Å²) in [5, 5.41) is 2.15. The number of thiophene rings is 1. The normalized spacial score (nSPS) is 20.0. The van der Waals surface area contributed by atoms with Gasteiger partial charge in [0.15, 0.2) is 0 Å². The van der Waals surface area contributed by atoms with E-state index in [-0.39, 0.29) is 5.54 Å². The highest BCUT2D eigenvalue weighted by Gasteiger charge is 2.32. The summed E-state index contributed by atoms with van der Waals surface area (Å²) < 4.78 is 0. The molecule has 16 heavy (non-hydrogen) atoms. The van der Waals surface area contributed by atoms with Gasteiger partial charge in [0.05, 0.1) is 0 Å². The van der Waals surface area contributed by atoms with Gasteiger partial charge in [-0.2, -0.15) is 0 Å². The molecule has 0 radical (unpaired) electrons. The van der Waals surface area contributed by atoms with Crippen LogP contribution in [0.2, 0.25) is 0 Å². The van der Waals surface area contributed by atoms with Crippen molar-refractivity contribution in [3.8, 4) is 0 Å². The van der Waals surface area contributed by atoms with Crippen molar-refractivity contribution in [1.82, 2.24) is 4.90 Å². The zero-order valence-electron chi connectivity index (χ0n) is 10.3. The summed E-state index contributed by atoms with van der Waals surface area (Å²) in [6, 6.07) is 5.14. The van der Waals surface area contributed by atoms with Gasteiger partial charge in [0.1, 0.15) is 0 Å². The fraction of sp³-hybridized carbons (Fsp3) is 0.692. The SMILES string of the molecule is CCC(C)(N)CN(Cc1cccs1)C1CC1. The van der Waals surface area contributed by atoms with Crippen LogP contribution in [0.1, 0.15) is 38.0 Å². The predicted molar refractivity (Wildman–Crippen MR) is 70.6 cm³/mol. The number of hydrogen-bond acceptors (Lipinski definition) is 3. The Morgan fingerprint density at radius 1 is 1.56 bits per heavy atom. The van der Waals surface area contributed by atoms with Crippen molar-refractivity contribution in [3.05, 3.63) is 22.4 Å². The Hall–Kier alpha value is -0.380. The van der Waals surface area contributed by atoms with E-state index < -0.39 is 0 Å². The van der Waals surface area contributed by atoms with Crippen LogP contribution in [0, 0.1) is 0 Å². The molecule has 1 fully saturated rings. The lowest BCUT2D eigenvalue weighted by atomic mass is 9.99. The van der Waals surface area contributed by atoms with Crippen molar-refractivity contribution in [2.75, 3.05) is 6.54 Å². The molecule has 2 rings (SSSR count). The highest BCUT2D eigenvalue weighted by atomic mass is 32.1. The molecule has 0 aromatic carbocycles. The molecule has 2 N–H and O–H groups in total. The monoisotopic (exact) mass is 238 g/mol. The maximum Gasteiger partial charge on any atom is 0.0331 e. The summed E-state index contributed by atoms with van der Waals surface area (Å²) in [5.74, 6) is 0. The van der Waals surface area contributed by atoms with E-state index in [0.29, 0.717) is 0 Å². The lowest BCUT2D eigenvalue weighted by Crippen LogP contribution is -2.47. The van der Waals surface area contributed by atoms with Gasteiger partial charge < -0.3 is 5.73 Å². The quantitative estimate of drug-likeness (QED) is 0.825. The molecular weight excluding hydrogens is 216 g/mol. The van der Waals surface area contributed by atoms with Crippen molar-refractivity contribution in [3.63, 3.8) is 0 Å². The van der Waals surface area contributed by atoms with E-state index in [9.17, 15) is 0 Å². The molecule has 0 amide bonds. The fourth-order valence-corrected chi connectivity index (χ4v) is 2.66. The van der Waals surface area contributed by atoms with Gasteiger partial charge in [-0.05, 0) is 37.6 Å². The first kappa shape index (κ1) is 12.1. The molecule has 1 aromatic heterocycles. The van der Waals surface area contributed by atoms with Crippen molar-refractivity contribution in [1.29, 1.82) is 0 Å². The van der Waals surface area contributed by atoms with Crippen molar-refractivity contribution in [2.45, 2.75) is 51.2 Å². The van der Waals surface area contributed by atoms with E-state index in [1.807, 2.05) is 11.3 Å². The molecule has 1 aliphatic rings. The molecule has 1 heterocycles. The largest absolute Gasteiger partial charge is 0.324 e. The Kier molecular flexibility index (Phi) is 3.67. The summed E-state index contributed by atoms with van der Waals surface area (Å²) >= 11 is 1.85. The van der Waals surface area contributed by atoms with Crippen LogP contribution >= 0.6 is 11.3 Å². The Morgan fingerprint density at radius 3 is 2.81 bits per heavy atom. The lowest BCUT2D eigenvalue weighted by Gasteiger charge is -2.31. The third kappa shape index (κ3) is 3.30. The highest BCUT2D eigenvalue weighted by Crippen LogP contribution is 2.30. The van der Waals surface area contributed by atoms with Gasteiger partial charge >= 0.3 is 0 Å². The van der Waals surface area contributed by atoms with Gasteiger partial charge in [0.2, 0.25) is 0 Å². The summed E-state index contributed by atoms with van der Waals surface area (Å²) in [4.78, 5) is 4.02. The molecule has 3 heteroatoms. The summed E-state index contributed by atoms with van der Waals surface area (Å²) in [5.41, 5.74) is 6.23. The minimum absolute atomic E-state index is 0.0418. The topological polar surface area (TPSA) is 29.3 Å². The molecule has 0 saturated heterocycles. The second-order valence-electron chi connectivity index (χ2n) is 5.22. The van der Waals surface area contributed by atoms with Gasteiger partial charge in [-0.1, -0.05) is 13.0 Å². The smallest absolute Gasteiger partial charge is 0.0331 e. The first-order valence-electron chi connectivity index (χ1n) is 6.16. The molecule has 2 nitrogen and oxygen atoms in total. The van der Waals surface area contributed by atoms with Crippen LogP contribution in [0.3, 0.4) is 0 Å². The molecule has 1 aliphatic carbocycles. The number of rotatable bonds is 6. The molecule has 1 aromatic rings. The third-order valence-electron chi connectivity index (χ3n) is 3.37. The molecule has 0 aliphatic heterocycles. The Balaban J connectivity index is 1.95. The molecule has 1 unspecified atom stereocenters. The average molecular weight is 238 g/mol. The zero-order valence-corrected chi connectivity index (χ0v) is 11.1. The predicted octanol–water partition coefficient (Wildman–Crippen LogP) is 2.84. The van der Waals surface area contributed by atoms with Gasteiger partial charge in [0, 0.05) is 29.5 Å². The van der Waals surface area contributed by atoms with Crippen LogP contribution in [0.5, 0.6) is 0 Å². The van der Waals surface area contributed by atoms with E-state index in [2.05, 4.69) is 36.3 Å². The van der Waals surface area contributed by atoms with E-state index >= 15 is 0 Å². The van der Waals surface area contributed by atoms with E-state index in [4.69, 9.17) is 5.73 Å². The average Bonchev–Trinajstić information content (AvgIpc) is 2.97. The molecule has 90 valence electrons. The van der Waals surface area contributed by atoms with Crippen LogP contribution in [0.4, 0.5) is 0 Å². The summed E-state index contributed by atoms with van der Waals surface area (Å²) in [7, 11) is 0. The molecule has 0 spiro atoms. The second-order valence-corrected chi connectivity index (χ2v) is 6.26. The van der Waals surface area contributed by atoms with Gasteiger partial charge in [-0.3, -0.25) is 4.90 Å². The lowest BCUT2D eigenvalue weighted by molar-refractivity contribution is 0.198. The van der Waals surface area contributed by atoms with Crippen LogP contribution < -0.4 is 5.73 Å². The molecule has 1 saturated carbocycles. The maximum absolute atomic E-state index is 6.27. The van der Waals surface area contributed by atoms with Gasteiger partial charge in [-0.25, -0.2) is 0 Å². The van der Waals surface area contributed by atoms with Crippen LogP contribution in [-0.4, -0.2) is 23.0 Å². The molecular formula is C13H22N2S.